The quantitative estimate of drug-likeness (QED) is 0.697. The summed E-state index contributed by atoms with van der Waals surface area (Å²) in [6.45, 7) is 0.511. The molecule has 0 radical (unpaired) electrons. The topological polar surface area (TPSA) is 68.5 Å². The van der Waals surface area contributed by atoms with Crippen molar-refractivity contribution >= 4 is 23.2 Å². The lowest BCUT2D eigenvalue weighted by molar-refractivity contribution is -0.117. The molecule has 0 N–H and O–H groups in total. The molecule has 4 rings (SSSR count). The van der Waals surface area contributed by atoms with E-state index < -0.39 is 0 Å². The number of ether oxygens (including phenoxy) is 1. The number of benzene rings is 2. The second-order valence-corrected chi connectivity index (χ2v) is 6.51. The molecule has 6 nitrogen and oxygen atoms in total. The third-order valence-corrected chi connectivity index (χ3v) is 4.64. The molecule has 0 aliphatic carbocycles. The normalized spacial score (nSPS) is 16.9. The first-order valence-electron chi connectivity index (χ1n) is 8.18. The average molecular weight is 370 g/mol. The Morgan fingerprint density at radius 3 is 2.81 bits per heavy atom. The molecule has 1 aliphatic rings. The van der Waals surface area contributed by atoms with Gasteiger partial charge in [0.05, 0.1) is 7.11 Å². The number of hydrogen-bond donors (Lipinski definition) is 0. The fourth-order valence-electron chi connectivity index (χ4n) is 3.03. The van der Waals surface area contributed by atoms with Crippen molar-refractivity contribution < 1.29 is 14.1 Å². The number of carbonyl (C=O) groups is 1. The third-order valence-electron chi connectivity index (χ3n) is 4.39. The van der Waals surface area contributed by atoms with E-state index in [4.69, 9.17) is 20.9 Å². The predicted octanol–water partition coefficient (Wildman–Crippen LogP) is 3.92. The molecule has 0 bridgehead atoms. The number of halogens is 1. The van der Waals surface area contributed by atoms with Crippen molar-refractivity contribution in [3.05, 3.63) is 59.4 Å². The van der Waals surface area contributed by atoms with E-state index in [-0.39, 0.29) is 11.8 Å². The van der Waals surface area contributed by atoms with E-state index in [2.05, 4.69) is 10.1 Å². The van der Waals surface area contributed by atoms with Crippen LogP contribution in [0, 0.1) is 0 Å². The molecule has 1 aromatic heterocycles. The molecule has 0 unspecified atom stereocenters. The summed E-state index contributed by atoms with van der Waals surface area (Å²) in [5, 5.41) is 4.72. The maximum Gasteiger partial charge on any atom is 0.258 e. The number of hydrogen-bond acceptors (Lipinski definition) is 5. The number of aromatic nitrogens is 2. The van der Waals surface area contributed by atoms with E-state index in [1.807, 2.05) is 36.4 Å². The summed E-state index contributed by atoms with van der Waals surface area (Å²) in [6, 6.07) is 14.6. The van der Waals surface area contributed by atoms with E-state index in [1.165, 1.54) is 0 Å². The van der Waals surface area contributed by atoms with Gasteiger partial charge in [0.2, 0.25) is 5.91 Å². The smallest absolute Gasteiger partial charge is 0.258 e. The minimum absolute atomic E-state index is 0.0325. The SMILES string of the molecule is COc1cccc(-c2nc([C@H]3CC(=O)N(c4ccc(Cl)cc4)C3)no2)c1. The lowest BCUT2D eigenvalue weighted by Crippen LogP contribution is -2.24. The van der Waals surface area contributed by atoms with Crippen molar-refractivity contribution in [2.45, 2.75) is 12.3 Å². The molecule has 1 atom stereocenters. The molecule has 1 fully saturated rings. The zero-order chi connectivity index (χ0) is 18.1. The highest BCUT2D eigenvalue weighted by Gasteiger charge is 2.34. The first-order valence-corrected chi connectivity index (χ1v) is 8.56. The van der Waals surface area contributed by atoms with Crippen LogP contribution < -0.4 is 9.64 Å². The van der Waals surface area contributed by atoms with Gasteiger partial charge < -0.3 is 14.2 Å². The van der Waals surface area contributed by atoms with Gasteiger partial charge in [0.15, 0.2) is 5.82 Å². The molecule has 3 aromatic rings. The van der Waals surface area contributed by atoms with E-state index in [1.54, 1.807) is 24.1 Å². The van der Waals surface area contributed by atoms with Crippen LogP contribution in [0.3, 0.4) is 0 Å². The molecule has 0 spiro atoms. The minimum Gasteiger partial charge on any atom is -0.497 e. The lowest BCUT2D eigenvalue weighted by atomic mass is 10.1. The molecule has 1 aliphatic heterocycles. The molecule has 0 saturated carbocycles. The van der Waals surface area contributed by atoms with Crippen LogP contribution in [0.25, 0.3) is 11.5 Å². The number of carbonyl (C=O) groups excluding carboxylic acids is 1. The van der Waals surface area contributed by atoms with E-state index in [0.717, 1.165) is 11.3 Å². The largest absolute Gasteiger partial charge is 0.497 e. The highest BCUT2D eigenvalue weighted by atomic mass is 35.5. The van der Waals surface area contributed by atoms with Crippen LogP contribution >= 0.6 is 11.6 Å². The maximum absolute atomic E-state index is 12.4. The van der Waals surface area contributed by atoms with Gasteiger partial charge in [0.1, 0.15) is 5.75 Å². The van der Waals surface area contributed by atoms with Crippen molar-refractivity contribution in [3.63, 3.8) is 0 Å². The summed E-state index contributed by atoms with van der Waals surface area (Å²) < 4.78 is 10.6. The Morgan fingerprint density at radius 2 is 2.04 bits per heavy atom. The zero-order valence-electron chi connectivity index (χ0n) is 14.1. The molecular weight excluding hydrogens is 354 g/mol. The number of amides is 1. The average Bonchev–Trinajstić information content (AvgIpc) is 3.29. The number of nitrogens with zero attached hydrogens (tertiary/aromatic N) is 3. The van der Waals surface area contributed by atoms with Gasteiger partial charge in [-0.3, -0.25) is 4.79 Å². The minimum atomic E-state index is -0.110. The van der Waals surface area contributed by atoms with E-state index in [9.17, 15) is 4.79 Å². The monoisotopic (exact) mass is 369 g/mol. The molecule has 7 heteroatoms. The fourth-order valence-corrected chi connectivity index (χ4v) is 3.15. The summed E-state index contributed by atoms with van der Waals surface area (Å²) in [5.41, 5.74) is 1.60. The van der Waals surface area contributed by atoms with Crippen molar-refractivity contribution in [3.8, 4) is 17.2 Å². The summed E-state index contributed by atoms with van der Waals surface area (Å²) >= 11 is 5.92. The Labute approximate surface area is 155 Å². The second-order valence-electron chi connectivity index (χ2n) is 6.07. The van der Waals surface area contributed by atoms with Gasteiger partial charge in [-0.05, 0) is 42.5 Å². The molecule has 1 saturated heterocycles. The Hall–Kier alpha value is -2.86. The summed E-state index contributed by atoms with van der Waals surface area (Å²) in [6.07, 6.45) is 0.347. The van der Waals surface area contributed by atoms with Crippen molar-refractivity contribution in [2.75, 3.05) is 18.6 Å². The molecule has 26 heavy (non-hydrogen) atoms. The van der Waals surface area contributed by atoms with Crippen LogP contribution in [0.15, 0.2) is 53.1 Å². The lowest BCUT2D eigenvalue weighted by Gasteiger charge is -2.16. The summed E-state index contributed by atoms with van der Waals surface area (Å²) in [7, 11) is 1.61. The van der Waals surface area contributed by atoms with E-state index >= 15 is 0 Å². The maximum atomic E-state index is 12.4. The highest BCUT2D eigenvalue weighted by Crippen LogP contribution is 2.32. The molecule has 2 heterocycles. The number of anilines is 1. The molecule has 1 amide bonds. The second kappa shape index (κ2) is 6.80. The van der Waals surface area contributed by atoms with Gasteiger partial charge in [-0.25, -0.2) is 0 Å². The van der Waals surface area contributed by atoms with Crippen LogP contribution in [0.4, 0.5) is 5.69 Å². The number of methoxy groups -OCH3 is 1. The van der Waals surface area contributed by atoms with Gasteiger partial charge in [-0.1, -0.05) is 22.8 Å². The van der Waals surface area contributed by atoms with Gasteiger partial charge in [0, 0.05) is 35.2 Å². The van der Waals surface area contributed by atoms with Gasteiger partial charge in [-0.15, -0.1) is 0 Å². The third kappa shape index (κ3) is 3.15. The van der Waals surface area contributed by atoms with Crippen LogP contribution in [-0.4, -0.2) is 29.7 Å². The Balaban J connectivity index is 1.54. The van der Waals surface area contributed by atoms with Gasteiger partial charge in [0.25, 0.3) is 5.89 Å². The molecule has 2 aromatic carbocycles. The van der Waals surface area contributed by atoms with E-state index in [0.29, 0.717) is 35.5 Å². The highest BCUT2D eigenvalue weighted by molar-refractivity contribution is 6.30. The predicted molar refractivity (Wildman–Crippen MR) is 97.4 cm³/mol. The van der Waals surface area contributed by atoms with Crippen LogP contribution in [0.1, 0.15) is 18.2 Å². The van der Waals surface area contributed by atoms with Gasteiger partial charge >= 0.3 is 0 Å². The van der Waals surface area contributed by atoms with Crippen LogP contribution in [-0.2, 0) is 4.79 Å². The fraction of sp³-hybridized carbons (Fsp3) is 0.211. The number of rotatable bonds is 4. The zero-order valence-corrected chi connectivity index (χ0v) is 14.8. The first-order chi connectivity index (χ1) is 12.6. The van der Waals surface area contributed by atoms with Crippen molar-refractivity contribution in [2.24, 2.45) is 0 Å². The Morgan fingerprint density at radius 1 is 1.23 bits per heavy atom. The van der Waals surface area contributed by atoms with Crippen LogP contribution in [0.5, 0.6) is 5.75 Å². The van der Waals surface area contributed by atoms with Crippen molar-refractivity contribution in [1.82, 2.24) is 10.1 Å². The summed E-state index contributed by atoms with van der Waals surface area (Å²) in [4.78, 5) is 18.6. The Kier molecular flexibility index (Phi) is 4.34. The first kappa shape index (κ1) is 16.6. The summed E-state index contributed by atoms with van der Waals surface area (Å²) in [5.74, 6) is 1.59. The van der Waals surface area contributed by atoms with Gasteiger partial charge in [-0.2, -0.15) is 4.98 Å². The Bertz CT molecular complexity index is 939. The molecule has 132 valence electrons. The van der Waals surface area contributed by atoms with Crippen molar-refractivity contribution in [1.29, 1.82) is 0 Å². The standard InChI is InChI=1S/C19H16ClN3O3/c1-25-16-4-2-3-12(9-16)19-21-18(22-26-19)13-10-17(24)23(11-13)15-7-5-14(20)6-8-15/h2-9,13H,10-11H2,1H3/t13-/m0/s1. The van der Waals surface area contributed by atoms with Crippen LogP contribution in [0.2, 0.25) is 5.02 Å². The molecular formula is C19H16ClN3O3.